The van der Waals surface area contributed by atoms with Gasteiger partial charge in [-0.25, -0.2) is 9.97 Å². The summed E-state index contributed by atoms with van der Waals surface area (Å²) in [6.45, 7) is 1.96. The molecule has 1 aliphatic rings. The molecule has 1 N–H and O–H groups in total. The van der Waals surface area contributed by atoms with Crippen LogP contribution in [0.2, 0.25) is 0 Å². The molecule has 0 spiro atoms. The molecule has 3 aromatic rings. The average Bonchev–Trinajstić information content (AvgIpc) is 2.79. The standard InChI is InChI=1S/C23H24N4O/c28-23(20-16-21(25-17-24-20)27-14-8-3-9-15-27)26-22(18-10-4-1-5-11-18)19-12-6-2-7-13-19/h1-2,4-7,10-13,16-17,22H,3,8-9,14-15H2,(H,26,28). The minimum absolute atomic E-state index is 0.196. The molecule has 0 atom stereocenters. The maximum Gasteiger partial charge on any atom is 0.270 e. The number of anilines is 1. The lowest BCUT2D eigenvalue weighted by Crippen LogP contribution is -2.32. The molecule has 28 heavy (non-hydrogen) atoms. The van der Waals surface area contributed by atoms with Crippen LogP contribution in [0.4, 0.5) is 5.82 Å². The Balaban J connectivity index is 1.58. The summed E-state index contributed by atoms with van der Waals surface area (Å²) in [5, 5.41) is 3.15. The Kier molecular flexibility index (Phi) is 5.61. The topological polar surface area (TPSA) is 58.1 Å². The fourth-order valence-corrected chi connectivity index (χ4v) is 3.62. The van der Waals surface area contributed by atoms with Crippen molar-refractivity contribution >= 4 is 11.7 Å². The molecule has 0 radical (unpaired) electrons. The van der Waals surface area contributed by atoms with E-state index >= 15 is 0 Å². The van der Waals surface area contributed by atoms with Gasteiger partial charge < -0.3 is 10.2 Å². The monoisotopic (exact) mass is 372 g/mol. The van der Waals surface area contributed by atoms with Gasteiger partial charge in [-0.15, -0.1) is 0 Å². The number of rotatable bonds is 5. The number of carbonyl (C=O) groups excluding carboxylic acids is 1. The second-order valence-electron chi connectivity index (χ2n) is 7.04. The van der Waals surface area contributed by atoms with Gasteiger partial charge in [0.15, 0.2) is 0 Å². The highest BCUT2D eigenvalue weighted by Crippen LogP contribution is 2.23. The molecule has 1 fully saturated rings. The Morgan fingerprint density at radius 2 is 1.46 bits per heavy atom. The van der Waals surface area contributed by atoms with Crippen LogP contribution < -0.4 is 10.2 Å². The second kappa shape index (κ2) is 8.65. The molecule has 4 rings (SSSR count). The van der Waals surface area contributed by atoms with Crippen molar-refractivity contribution in [3.05, 3.63) is 89.9 Å². The fraction of sp³-hybridized carbons (Fsp3) is 0.261. The summed E-state index contributed by atoms with van der Waals surface area (Å²) in [7, 11) is 0. The van der Waals surface area contributed by atoms with Crippen LogP contribution in [0.5, 0.6) is 0 Å². The van der Waals surface area contributed by atoms with Crippen LogP contribution in [0.25, 0.3) is 0 Å². The first-order chi connectivity index (χ1) is 13.8. The predicted octanol–water partition coefficient (Wildman–Crippen LogP) is 3.99. The molecular formula is C23H24N4O. The smallest absolute Gasteiger partial charge is 0.270 e. The van der Waals surface area contributed by atoms with E-state index in [1.54, 1.807) is 6.07 Å². The van der Waals surface area contributed by atoms with E-state index in [1.165, 1.54) is 12.7 Å². The first kappa shape index (κ1) is 18.2. The number of benzene rings is 2. The van der Waals surface area contributed by atoms with E-state index in [4.69, 9.17) is 0 Å². The molecule has 1 aliphatic heterocycles. The van der Waals surface area contributed by atoms with E-state index in [-0.39, 0.29) is 11.9 Å². The normalized spacial score (nSPS) is 14.1. The molecule has 2 heterocycles. The third kappa shape index (κ3) is 4.19. The molecule has 142 valence electrons. The maximum atomic E-state index is 13.0. The number of nitrogens with one attached hydrogen (secondary N) is 1. The zero-order valence-corrected chi connectivity index (χ0v) is 15.8. The van der Waals surface area contributed by atoms with Crippen molar-refractivity contribution in [1.82, 2.24) is 15.3 Å². The van der Waals surface area contributed by atoms with Crippen LogP contribution in [0, 0.1) is 0 Å². The highest BCUT2D eigenvalue weighted by Gasteiger charge is 2.20. The molecule has 0 aliphatic carbocycles. The Hall–Kier alpha value is -3.21. The Bertz CT molecular complexity index is 869. The lowest BCUT2D eigenvalue weighted by Gasteiger charge is -2.27. The molecule has 1 aromatic heterocycles. The van der Waals surface area contributed by atoms with Crippen molar-refractivity contribution in [2.45, 2.75) is 25.3 Å². The molecule has 5 nitrogen and oxygen atoms in total. The first-order valence-corrected chi connectivity index (χ1v) is 9.79. The van der Waals surface area contributed by atoms with Crippen molar-refractivity contribution in [2.24, 2.45) is 0 Å². The van der Waals surface area contributed by atoms with Crippen molar-refractivity contribution in [3.8, 4) is 0 Å². The Morgan fingerprint density at radius 3 is 2.07 bits per heavy atom. The second-order valence-corrected chi connectivity index (χ2v) is 7.04. The van der Waals surface area contributed by atoms with Gasteiger partial charge in [-0.05, 0) is 30.4 Å². The van der Waals surface area contributed by atoms with Gasteiger partial charge in [0.1, 0.15) is 17.8 Å². The largest absolute Gasteiger partial charge is 0.357 e. The number of nitrogens with zero attached hydrogens (tertiary/aromatic N) is 3. The van der Waals surface area contributed by atoms with Gasteiger partial charge in [0.2, 0.25) is 0 Å². The van der Waals surface area contributed by atoms with Gasteiger partial charge in [-0.3, -0.25) is 4.79 Å². The molecule has 1 saturated heterocycles. The number of aromatic nitrogens is 2. The van der Waals surface area contributed by atoms with E-state index in [0.717, 1.165) is 42.9 Å². The molecule has 0 bridgehead atoms. The van der Waals surface area contributed by atoms with Crippen LogP contribution in [-0.4, -0.2) is 29.0 Å². The van der Waals surface area contributed by atoms with E-state index < -0.39 is 0 Å². The summed E-state index contributed by atoms with van der Waals surface area (Å²) >= 11 is 0. The maximum absolute atomic E-state index is 13.0. The zero-order chi connectivity index (χ0) is 19.2. The van der Waals surface area contributed by atoms with Crippen LogP contribution >= 0.6 is 0 Å². The third-order valence-electron chi connectivity index (χ3n) is 5.11. The molecule has 2 aromatic carbocycles. The number of carbonyl (C=O) groups is 1. The van der Waals surface area contributed by atoms with Crippen LogP contribution in [-0.2, 0) is 0 Å². The third-order valence-corrected chi connectivity index (χ3v) is 5.11. The summed E-state index contributed by atoms with van der Waals surface area (Å²) in [6.07, 6.45) is 5.06. The number of hydrogen-bond donors (Lipinski definition) is 1. The Morgan fingerprint density at radius 1 is 0.857 bits per heavy atom. The number of hydrogen-bond acceptors (Lipinski definition) is 4. The van der Waals surface area contributed by atoms with E-state index in [9.17, 15) is 4.79 Å². The highest BCUT2D eigenvalue weighted by atomic mass is 16.1. The number of amides is 1. The van der Waals surface area contributed by atoms with Crippen molar-refractivity contribution in [3.63, 3.8) is 0 Å². The summed E-state index contributed by atoms with van der Waals surface area (Å²) in [5.74, 6) is 0.634. The van der Waals surface area contributed by atoms with Gasteiger partial charge in [-0.1, -0.05) is 60.7 Å². The molecular weight excluding hydrogens is 348 g/mol. The molecule has 0 unspecified atom stereocenters. The van der Waals surface area contributed by atoms with E-state index in [2.05, 4.69) is 20.2 Å². The predicted molar refractivity (Wildman–Crippen MR) is 110 cm³/mol. The van der Waals surface area contributed by atoms with Crippen LogP contribution in [0.3, 0.4) is 0 Å². The summed E-state index contributed by atoms with van der Waals surface area (Å²) in [4.78, 5) is 23.8. The van der Waals surface area contributed by atoms with Gasteiger partial charge in [0.05, 0.1) is 6.04 Å². The van der Waals surface area contributed by atoms with Crippen molar-refractivity contribution < 1.29 is 4.79 Å². The lowest BCUT2D eigenvalue weighted by atomic mass is 9.98. The van der Waals surface area contributed by atoms with Gasteiger partial charge in [-0.2, -0.15) is 0 Å². The van der Waals surface area contributed by atoms with Crippen LogP contribution in [0.1, 0.15) is 46.9 Å². The average molecular weight is 372 g/mol. The fourth-order valence-electron chi connectivity index (χ4n) is 3.62. The Labute approximate surface area is 165 Å². The van der Waals surface area contributed by atoms with E-state index in [0.29, 0.717) is 5.69 Å². The minimum atomic E-state index is -0.233. The molecule has 0 saturated carbocycles. The van der Waals surface area contributed by atoms with Crippen LogP contribution in [0.15, 0.2) is 73.1 Å². The first-order valence-electron chi connectivity index (χ1n) is 9.79. The van der Waals surface area contributed by atoms with Gasteiger partial charge in [0.25, 0.3) is 5.91 Å². The van der Waals surface area contributed by atoms with Gasteiger partial charge in [0, 0.05) is 19.2 Å². The lowest BCUT2D eigenvalue weighted by molar-refractivity contribution is 0.0937. The quantitative estimate of drug-likeness (QED) is 0.736. The summed E-state index contributed by atoms with van der Waals surface area (Å²) in [5.41, 5.74) is 2.46. The SMILES string of the molecule is O=C(NC(c1ccccc1)c1ccccc1)c1cc(N2CCCCC2)ncn1. The summed E-state index contributed by atoms with van der Waals surface area (Å²) in [6, 6.07) is 21.5. The van der Waals surface area contributed by atoms with E-state index in [1.807, 2.05) is 60.7 Å². The van der Waals surface area contributed by atoms with Crippen molar-refractivity contribution in [1.29, 1.82) is 0 Å². The molecule has 1 amide bonds. The molecule has 5 heteroatoms. The number of piperidine rings is 1. The highest BCUT2D eigenvalue weighted by molar-refractivity contribution is 5.93. The van der Waals surface area contributed by atoms with Crippen molar-refractivity contribution in [2.75, 3.05) is 18.0 Å². The van der Waals surface area contributed by atoms with Gasteiger partial charge >= 0.3 is 0 Å². The summed E-state index contributed by atoms with van der Waals surface area (Å²) < 4.78 is 0. The minimum Gasteiger partial charge on any atom is -0.357 e. The zero-order valence-electron chi connectivity index (χ0n) is 15.8.